The van der Waals surface area contributed by atoms with Crippen molar-refractivity contribution in [2.45, 2.75) is 13.0 Å². The van der Waals surface area contributed by atoms with E-state index in [1.54, 1.807) is 17.1 Å². The second-order valence-electron chi connectivity index (χ2n) is 3.99. The number of nitrogens with one attached hydrogen (secondary N) is 1. The highest BCUT2D eigenvalue weighted by Crippen LogP contribution is 2.30. The number of nitrogens with zero attached hydrogens (tertiary/aromatic N) is 4. The molecule has 0 unspecified atom stereocenters. The predicted octanol–water partition coefficient (Wildman–Crippen LogP) is 2.48. The molecule has 0 aliphatic carbocycles. The summed E-state index contributed by atoms with van der Waals surface area (Å²) >= 11 is 5.53. The number of nitro benzene ring substituents is 1. The Morgan fingerprint density at radius 3 is 2.95 bits per heavy atom. The lowest BCUT2D eigenvalue weighted by molar-refractivity contribution is -0.384. The molecule has 1 N–H and O–H groups in total. The van der Waals surface area contributed by atoms with Gasteiger partial charge in [-0.2, -0.15) is 0 Å². The number of hydrogen-bond acceptors (Lipinski definition) is 5. The van der Waals surface area contributed by atoms with Crippen molar-refractivity contribution in [2.75, 3.05) is 11.9 Å². The van der Waals surface area contributed by atoms with E-state index >= 15 is 0 Å². The Balaban J connectivity index is 1.98. The van der Waals surface area contributed by atoms with Gasteiger partial charge in [0.05, 0.1) is 16.1 Å². The SMILES string of the molecule is O=[N+]([O-])c1cc(Cl)c(F)cc1NCCCn1ccnn1. The fourth-order valence-corrected chi connectivity index (χ4v) is 1.80. The Morgan fingerprint density at radius 1 is 1.50 bits per heavy atom. The number of aromatic nitrogens is 3. The summed E-state index contributed by atoms with van der Waals surface area (Å²) in [7, 11) is 0. The van der Waals surface area contributed by atoms with Gasteiger partial charge >= 0.3 is 0 Å². The van der Waals surface area contributed by atoms with Gasteiger partial charge in [-0.15, -0.1) is 5.10 Å². The number of halogens is 2. The maximum absolute atomic E-state index is 13.3. The molecule has 0 bridgehead atoms. The highest BCUT2D eigenvalue weighted by atomic mass is 35.5. The Bertz CT molecular complexity index is 605. The van der Waals surface area contributed by atoms with E-state index in [9.17, 15) is 14.5 Å². The highest BCUT2D eigenvalue weighted by molar-refractivity contribution is 6.31. The standard InChI is InChI=1S/C11H11ClFN5O2/c12-8-6-11(18(19)20)10(7-9(8)13)14-2-1-4-17-5-3-15-16-17/h3,5-7,14H,1-2,4H2. The molecule has 0 aliphatic heterocycles. The summed E-state index contributed by atoms with van der Waals surface area (Å²) in [4.78, 5) is 10.3. The molecule has 0 radical (unpaired) electrons. The first kappa shape index (κ1) is 14.2. The lowest BCUT2D eigenvalue weighted by Gasteiger charge is -2.08. The first-order chi connectivity index (χ1) is 9.58. The van der Waals surface area contributed by atoms with Crippen LogP contribution in [0.4, 0.5) is 15.8 Å². The minimum Gasteiger partial charge on any atom is -0.379 e. The van der Waals surface area contributed by atoms with Crippen molar-refractivity contribution in [1.82, 2.24) is 15.0 Å². The molecule has 1 heterocycles. The van der Waals surface area contributed by atoms with Gasteiger partial charge in [-0.3, -0.25) is 14.8 Å². The van der Waals surface area contributed by atoms with Crippen molar-refractivity contribution >= 4 is 23.0 Å². The topological polar surface area (TPSA) is 85.9 Å². The molecule has 0 saturated heterocycles. The summed E-state index contributed by atoms with van der Waals surface area (Å²) in [6.45, 7) is 1.04. The lowest BCUT2D eigenvalue weighted by atomic mass is 10.2. The smallest absolute Gasteiger partial charge is 0.294 e. The van der Waals surface area contributed by atoms with Crippen LogP contribution in [-0.2, 0) is 6.54 Å². The van der Waals surface area contributed by atoms with Crippen molar-refractivity contribution in [3.63, 3.8) is 0 Å². The Morgan fingerprint density at radius 2 is 2.30 bits per heavy atom. The molecule has 0 fully saturated rings. The van der Waals surface area contributed by atoms with Crippen molar-refractivity contribution < 1.29 is 9.31 Å². The van der Waals surface area contributed by atoms with E-state index in [4.69, 9.17) is 11.6 Å². The van der Waals surface area contributed by atoms with Gasteiger partial charge in [0.1, 0.15) is 11.5 Å². The van der Waals surface area contributed by atoms with E-state index in [1.165, 1.54) is 0 Å². The first-order valence-electron chi connectivity index (χ1n) is 5.79. The van der Waals surface area contributed by atoms with E-state index in [1.807, 2.05) is 0 Å². The molecule has 20 heavy (non-hydrogen) atoms. The summed E-state index contributed by atoms with van der Waals surface area (Å²) in [5.41, 5.74) is -0.146. The number of nitro groups is 1. The zero-order valence-corrected chi connectivity index (χ0v) is 11.0. The third-order valence-corrected chi connectivity index (χ3v) is 2.88. The lowest BCUT2D eigenvalue weighted by Crippen LogP contribution is -2.09. The fourth-order valence-electron chi connectivity index (χ4n) is 1.65. The highest BCUT2D eigenvalue weighted by Gasteiger charge is 2.17. The van der Waals surface area contributed by atoms with Gasteiger partial charge in [0.25, 0.3) is 5.69 Å². The maximum atomic E-state index is 13.3. The van der Waals surface area contributed by atoms with E-state index in [0.717, 1.165) is 12.1 Å². The Hall–Kier alpha value is -2.22. The van der Waals surface area contributed by atoms with Crippen LogP contribution in [0.2, 0.25) is 5.02 Å². The Labute approximate surface area is 118 Å². The zero-order valence-electron chi connectivity index (χ0n) is 10.3. The molecule has 0 amide bonds. The number of hydrogen-bond donors (Lipinski definition) is 1. The van der Waals surface area contributed by atoms with Crippen molar-refractivity contribution in [2.24, 2.45) is 0 Å². The predicted molar refractivity (Wildman–Crippen MR) is 71.2 cm³/mol. The monoisotopic (exact) mass is 299 g/mol. The summed E-state index contributed by atoms with van der Waals surface area (Å²) in [5.74, 6) is -0.698. The van der Waals surface area contributed by atoms with Crippen LogP contribution >= 0.6 is 11.6 Å². The minimum absolute atomic E-state index is 0.107. The summed E-state index contributed by atoms with van der Waals surface area (Å²) < 4.78 is 15.0. The minimum atomic E-state index is -0.698. The van der Waals surface area contributed by atoms with Crippen molar-refractivity contribution in [3.8, 4) is 0 Å². The van der Waals surface area contributed by atoms with Crippen LogP contribution in [-0.4, -0.2) is 26.5 Å². The molecule has 106 valence electrons. The van der Waals surface area contributed by atoms with Gasteiger partial charge < -0.3 is 5.32 Å². The number of benzene rings is 1. The van der Waals surface area contributed by atoms with Crippen LogP contribution in [0.25, 0.3) is 0 Å². The normalized spacial score (nSPS) is 10.5. The van der Waals surface area contributed by atoms with Gasteiger partial charge in [-0.1, -0.05) is 16.8 Å². The Kier molecular flexibility index (Phi) is 4.46. The first-order valence-corrected chi connectivity index (χ1v) is 6.17. The van der Waals surface area contributed by atoms with Gasteiger partial charge in [0.15, 0.2) is 0 Å². The van der Waals surface area contributed by atoms with Gasteiger partial charge in [0, 0.05) is 31.4 Å². The van der Waals surface area contributed by atoms with Crippen LogP contribution in [0.3, 0.4) is 0 Å². The van der Waals surface area contributed by atoms with Crippen LogP contribution in [0.15, 0.2) is 24.5 Å². The van der Waals surface area contributed by atoms with Gasteiger partial charge in [0.2, 0.25) is 0 Å². The number of aryl methyl sites for hydroxylation is 1. The van der Waals surface area contributed by atoms with E-state index < -0.39 is 10.7 Å². The molecular weight excluding hydrogens is 289 g/mol. The molecule has 1 aromatic heterocycles. The number of anilines is 1. The summed E-state index contributed by atoms with van der Waals surface area (Å²) in [6.07, 6.45) is 3.93. The molecule has 2 rings (SSSR count). The quantitative estimate of drug-likeness (QED) is 0.503. The fraction of sp³-hybridized carbons (Fsp3) is 0.273. The number of rotatable bonds is 6. The van der Waals surface area contributed by atoms with Crippen LogP contribution < -0.4 is 5.32 Å². The second kappa shape index (κ2) is 6.29. The molecule has 0 spiro atoms. The zero-order chi connectivity index (χ0) is 14.5. The van der Waals surface area contributed by atoms with Gasteiger partial charge in [-0.25, -0.2) is 4.39 Å². The third kappa shape index (κ3) is 3.41. The molecule has 7 nitrogen and oxygen atoms in total. The van der Waals surface area contributed by atoms with Crippen LogP contribution in [0.1, 0.15) is 6.42 Å². The molecule has 0 aliphatic rings. The average molecular weight is 300 g/mol. The largest absolute Gasteiger partial charge is 0.379 e. The maximum Gasteiger partial charge on any atom is 0.294 e. The molecule has 0 saturated carbocycles. The van der Waals surface area contributed by atoms with Crippen molar-refractivity contribution in [1.29, 1.82) is 0 Å². The summed E-state index contributed by atoms with van der Waals surface area (Å²) in [5, 5.41) is 20.9. The molecule has 2 aromatic rings. The third-order valence-electron chi connectivity index (χ3n) is 2.59. The van der Waals surface area contributed by atoms with Gasteiger partial charge in [-0.05, 0) is 6.42 Å². The molecule has 9 heteroatoms. The van der Waals surface area contributed by atoms with Crippen molar-refractivity contribution in [3.05, 3.63) is 45.5 Å². The molecular formula is C11H11ClFN5O2. The molecule has 1 aromatic carbocycles. The van der Waals surface area contributed by atoms with Crippen LogP contribution in [0.5, 0.6) is 0 Å². The van der Waals surface area contributed by atoms with E-state index in [-0.39, 0.29) is 16.4 Å². The second-order valence-corrected chi connectivity index (χ2v) is 4.39. The average Bonchev–Trinajstić information content (AvgIpc) is 2.91. The van der Waals surface area contributed by atoms with E-state index in [0.29, 0.717) is 19.5 Å². The van der Waals surface area contributed by atoms with Crippen LogP contribution in [0, 0.1) is 15.9 Å². The van der Waals surface area contributed by atoms with E-state index in [2.05, 4.69) is 15.6 Å². The summed E-state index contributed by atoms with van der Waals surface area (Å²) in [6, 6.07) is 2.02. The molecule has 0 atom stereocenters.